The van der Waals surface area contributed by atoms with Crippen LogP contribution in [0.1, 0.15) is 61.1 Å². The topological polar surface area (TPSA) is 99.5 Å². The highest BCUT2D eigenvalue weighted by Crippen LogP contribution is 2.42. The van der Waals surface area contributed by atoms with Crippen LogP contribution in [0.3, 0.4) is 0 Å². The summed E-state index contributed by atoms with van der Waals surface area (Å²) in [5.41, 5.74) is 2.28. The van der Waals surface area contributed by atoms with Crippen LogP contribution < -0.4 is 10.6 Å². The molecule has 5 rings (SSSR count). The number of amides is 2. The average molecular weight is 530 g/mol. The first-order chi connectivity index (χ1) is 19.0. The van der Waals surface area contributed by atoms with Gasteiger partial charge in [-0.15, -0.1) is 0 Å². The highest BCUT2D eigenvalue weighted by Gasteiger charge is 2.42. The Morgan fingerprint density at radius 1 is 1.10 bits per heavy atom. The maximum Gasteiger partial charge on any atom is 0.275 e. The second-order valence-electron chi connectivity index (χ2n) is 10.9. The fourth-order valence-electron chi connectivity index (χ4n) is 6.22. The largest absolute Gasteiger partial charge is 0.388 e. The van der Waals surface area contributed by atoms with Crippen molar-refractivity contribution >= 4 is 11.8 Å². The van der Waals surface area contributed by atoms with Gasteiger partial charge in [0.15, 0.2) is 5.69 Å². The fraction of sp³-hybridized carbons (Fsp3) is 0.452. The molecule has 2 amide bonds. The van der Waals surface area contributed by atoms with Crippen LogP contribution in [0, 0.1) is 0 Å². The molecule has 0 spiro atoms. The van der Waals surface area contributed by atoms with E-state index in [2.05, 4.69) is 22.8 Å². The zero-order valence-electron chi connectivity index (χ0n) is 22.7. The molecule has 8 nitrogen and oxygen atoms in total. The molecule has 1 unspecified atom stereocenters. The van der Waals surface area contributed by atoms with Crippen LogP contribution in [0.15, 0.2) is 67.0 Å². The second-order valence-corrected chi connectivity index (χ2v) is 10.9. The number of rotatable bonds is 8. The van der Waals surface area contributed by atoms with Gasteiger partial charge < -0.3 is 25.2 Å². The standard InChI is InChI=1S/C31H39N5O3/c1-23(37)33-17-16-31(39)15-9-8-14-27(31)36-22-34-28(29(36)25-12-6-3-7-13-25)30(38)35-19-18-32-21-26(35)20-24-10-4-2-5-11-24/h2-7,10-13,22,26-27,32,39H,8-9,14-21H2,1H3,(H,33,37)/t26-,27+,31?/m1/s1. The van der Waals surface area contributed by atoms with Crippen molar-refractivity contribution in [1.82, 2.24) is 25.1 Å². The summed E-state index contributed by atoms with van der Waals surface area (Å²) in [5, 5.41) is 18.2. The number of benzene rings is 2. The number of aliphatic hydroxyl groups is 1. The second kappa shape index (κ2) is 12.1. The van der Waals surface area contributed by atoms with Crippen LogP contribution in [0.2, 0.25) is 0 Å². The Bertz CT molecular complexity index is 1260. The molecule has 0 bridgehead atoms. The van der Waals surface area contributed by atoms with Crippen LogP contribution in [-0.4, -0.2) is 69.2 Å². The molecule has 39 heavy (non-hydrogen) atoms. The summed E-state index contributed by atoms with van der Waals surface area (Å²) >= 11 is 0. The number of hydrogen-bond acceptors (Lipinski definition) is 5. The summed E-state index contributed by atoms with van der Waals surface area (Å²) in [6, 6.07) is 20.0. The third kappa shape index (κ3) is 6.07. The Labute approximate surface area is 230 Å². The molecular weight excluding hydrogens is 490 g/mol. The Kier molecular flexibility index (Phi) is 8.43. The first-order valence-corrected chi connectivity index (χ1v) is 14.1. The smallest absolute Gasteiger partial charge is 0.275 e. The van der Waals surface area contributed by atoms with Gasteiger partial charge in [0, 0.05) is 44.7 Å². The predicted octanol–water partition coefficient (Wildman–Crippen LogP) is 3.58. The maximum atomic E-state index is 14.2. The molecule has 3 N–H and O–H groups in total. The van der Waals surface area contributed by atoms with Gasteiger partial charge in [0.2, 0.25) is 5.91 Å². The third-order valence-electron chi connectivity index (χ3n) is 8.19. The van der Waals surface area contributed by atoms with E-state index in [4.69, 9.17) is 4.98 Å². The zero-order chi connectivity index (χ0) is 27.2. The summed E-state index contributed by atoms with van der Waals surface area (Å²) in [7, 11) is 0. The Morgan fingerprint density at radius 3 is 2.59 bits per heavy atom. The molecule has 1 aromatic heterocycles. The zero-order valence-corrected chi connectivity index (χ0v) is 22.7. The van der Waals surface area contributed by atoms with Gasteiger partial charge in [-0.25, -0.2) is 4.98 Å². The van der Waals surface area contributed by atoms with Crippen molar-refractivity contribution in [2.45, 2.75) is 63.1 Å². The van der Waals surface area contributed by atoms with E-state index in [9.17, 15) is 14.7 Å². The number of imidazole rings is 1. The number of carbonyl (C=O) groups excluding carboxylic acids is 2. The van der Waals surface area contributed by atoms with E-state index in [0.29, 0.717) is 31.6 Å². The van der Waals surface area contributed by atoms with Gasteiger partial charge in [-0.05, 0) is 31.2 Å². The van der Waals surface area contributed by atoms with Crippen LogP contribution in [0.5, 0.6) is 0 Å². The van der Waals surface area contributed by atoms with Crippen LogP contribution >= 0.6 is 0 Å². The van der Waals surface area contributed by atoms with Gasteiger partial charge >= 0.3 is 0 Å². The van der Waals surface area contributed by atoms with E-state index in [1.165, 1.54) is 12.5 Å². The van der Waals surface area contributed by atoms with Crippen molar-refractivity contribution in [3.8, 4) is 11.3 Å². The van der Waals surface area contributed by atoms with E-state index in [0.717, 1.165) is 50.0 Å². The fourth-order valence-corrected chi connectivity index (χ4v) is 6.22. The minimum atomic E-state index is -1.00. The molecule has 3 aromatic rings. The molecule has 2 aliphatic rings. The number of hydrogen-bond donors (Lipinski definition) is 3. The van der Waals surface area contributed by atoms with Crippen LogP contribution in [-0.2, 0) is 11.2 Å². The molecule has 0 radical (unpaired) electrons. The molecule has 206 valence electrons. The lowest BCUT2D eigenvalue weighted by molar-refractivity contribution is -0.119. The lowest BCUT2D eigenvalue weighted by atomic mass is 9.77. The quantitative estimate of drug-likeness (QED) is 0.414. The predicted molar refractivity (Wildman–Crippen MR) is 151 cm³/mol. The SMILES string of the molecule is CC(=O)NCCC1(O)CCCC[C@@H]1n1cnc(C(=O)N2CCNC[C@H]2Cc2ccccc2)c1-c1ccccc1. The highest BCUT2D eigenvalue weighted by atomic mass is 16.3. The number of piperazine rings is 1. The van der Waals surface area contributed by atoms with Gasteiger partial charge in [0.25, 0.3) is 5.91 Å². The lowest BCUT2D eigenvalue weighted by Gasteiger charge is -2.41. The Hall–Kier alpha value is -3.49. The number of aromatic nitrogens is 2. The summed E-state index contributed by atoms with van der Waals surface area (Å²) < 4.78 is 2.03. The molecule has 8 heteroatoms. The van der Waals surface area contributed by atoms with Crippen LogP contribution in [0.4, 0.5) is 0 Å². The molecule has 1 aliphatic heterocycles. The molecular formula is C31H39N5O3. The summed E-state index contributed by atoms with van der Waals surface area (Å²) in [4.78, 5) is 32.4. The molecule has 1 aliphatic carbocycles. The first-order valence-electron chi connectivity index (χ1n) is 14.1. The molecule has 1 saturated carbocycles. The summed E-state index contributed by atoms with van der Waals surface area (Å²) in [6.07, 6.45) is 6.30. The van der Waals surface area contributed by atoms with E-state index >= 15 is 0 Å². The maximum absolute atomic E-state index is 14.2. The van der Waals surface area contributed by atoms with E-state index in [1.807, 2.05) is 58.0 Å². The summed E-state index contributed by atoms with van der Waals surface area (Å²) in [6.45, 7) is 3.98. The number of nitrogens with zero attached hydrogens (tertiary/aromatic N) is 3. The third-order valence-corrected chi connectivity index (χ3v) is 8.19. The van der Waals surface area contributed by atoms with Gasteiger partial charge in [-0.3, -0.25) is 9.59 Å². The Balaban J connectivity index is 1.50. The van der Waals surface area contributed by atoms with E-state index < -0.39 is 5.60 Å². The van der Waals surface area contributed by atoms with Crippen molar-refractivity contribution in [2.24, 2.45) is 0 Å². The minimum Gasteiger partial charge on any atom is -0.388 e. The lowest BCUT2D eigenvalue weighted by Crippen LogP contribution is -2.54. The van der Waals surface area contributed by atoms with Crippen molar-refractivity contribution < 1.29 is 14.7 Å². The van der Waals surface area contributed by atoms with Gasteiger partial charge in [-0.1, -0.05) is 73.5 Å². The van der Waals surface area contributed by atoms with Crippen LogP contribution in [0.25, 0.3) is 11.3 Å². The molecule has 1 saturated heterocycles. The average Bonchev–Trinajstić information content (AvgIpc) is 3.39. The van der Waals surface area contributed by atoms with Crippen molar-refractivity contribution in [1.29, 1.82) is 0 Å². The molecule has 2 aromatic carbocycles. The van der Waals surface area contributed by atoms with E-state index in [1.54, 1.807) is 6.33 Å². The minimum absolute atomic E-state index is 0.0201. The highest BCUT2D eigenvalue weighted by molar-refractivity contribution is 5.98. The monoisotopic (exact) mass is 529 g/mol. The number of nitrogens with one attached hydrogen (secondary N) is 2. The van der Waals surface area contributed by atoms with Gasteiger partial charge in [0.05, 0.1) is 23.7 Å². The van der Waals surface area contributed by atoms with Gasteiger partial charge in [0.1, 0.15) is 0 Å². The van der Waals surface area contributed by atoms with Crippen molar-refractivity contribution in [3.63, 3.8) is 0 Å². The molecule has 3 atom stereocenters. The van der Waals surface area contributed by atoms with Crippen molar-refractivity contribution in [3.05, 3.63) is 78.2 Å². The number of carbonyl (C=O) groups is 2. The first kappa shape index (κ1) is 27.1. The van der Waals surface area contributed by atoms with Gasteiger partial charge in [-0.2, -0.15) is 0 Å². The Morgan fingerprint density at radius 2 is 1.85 bits per heavy atom. The summed E-state index contributed by atoms with van der Waals surface area (Å²) in [5.74, 6) is -0.180. The molecule has 2 heterocycles. The van der Waals surface area contributed by atoms with E-state index in [-0.39, 0.29) is 23.9 Å². The molecule has 2 fully saturated rings. The normalized spacial score (nSPS) is 23.4. The van der Waals surface area contributed by atoms with Crippen molar-refractivity contribution in [2.75, 3.05) is 26.2 Å².